The molecule has 170 valence electrons. The fourth-order valence-electron chi connectivity index (χ4n) is 4.63. The Morgan fingerprint density at radius 2 is 2.03 bits per heavy atom. The van der Waals surface area contributed by atoms with Crippen LogP contribution in [0.15, 0.2) is 36.8 Å². The Labute approximate surface area is 188 Å². The molecule has 5 heterocycles. The number of hydrogen-bond acceptors (Lipinski definition) is 7. The average Bonchev–Trinajstić information content (AvgIpc) is 3.50. The van der Waals surface area contributed by atoms with E-state index < -0.39 is 5.60 Å². The molecule has 2 aliphatic rings. The molecule has 2 N–H and O–H groups in total. The lowest BCUT2D eigenvalue weighted by atomic mass is 9.96. The number of fused-ring (bicyclic) bond motifs is 3. The summed E-state index contributed by atoms with van der Waals surface area (Å²) in [5.74, 6) is 1.60. The van der Waals surface area contributed by atoms with Crippen LogP contribution in [0, 0.1) is 5.82 Å². The number of pyridine rings is 1. The Balaban J connectivity index is 1.48. The topological polar surface area (TPSA) is 98.7 Å². The van der Waals surface area contributed by atoms with Crippen molar-refractivity contribution >= 4 is 11.5 Å². The predicted octanol–water partition coefficient (Wildman–Crippen LogP) is 2.98. The van der Waals surface area contributed by atoms with Gasteiger partial charge in [0.1, 0.15) is 17.9 Å². The number of nitrogens with zero attached hydrogens (tertiary/aromatic N) is 5. The molecule has 2 aliphatic heterocycles. The van der Waals surface area contributed by atoms with E-state index in [4.69, 9.17) is 9.47 Å². The van der Waals surface area contributed by atoms with Crippen molar-refractivity contribution in [1.29, 1.82) is 0 Å². The lowest BCUT2D eigenvalue weighted by Crippen LogP contribution is -2.27. The second kappa shape index (κ2) is 7.17. The largest absolute Gasteiger partial charge is 0.493 e. The Hall–Kier alpha value is -3.66. The highest BCUT2D eigenvalue weighted by Gasteiger charge is 2.32. The van der Waals surface area contributed by atoms with E-state index in [-0.39, 0.29) is 18.3 Å². The third-order valence-electron chi connectivity index (χ3n) is 6.05. The summed E-state index contributed by atoms with van der Waals surface area (Å²) in [5, 5.41) is 26.5. The Kier molecular flexibility index (Phi) is 4.34. The lowest BCUT2D eigenvalue weighted by molar-refractivity contribution is 0.0583. The standard InChI is InChI=1S/C23H23FN6O3/c1-23(2,31)11-30-17(5-6-27-30)14-7-19-22(29-12-26-28-21(14)29)25-8-15-16(24)3-4-18-20(15)13(9-32-18)10-33-19/h3-7,12-13,25,31H,8-11H2,1-2H3/t13-/m1/s1. The highest BCUT2D eigenvalue weighted by Crippen LogP contribution is 2.41. The van der Waals surface area contributed by atoms with Crippen molar-refractivity contribution in [3.8, 4) is 22.8 Å². The van der Waals surface area contributed by atoms with Crippen molar-refractivity contribution in [2.45, 2.75) is 38.5 Å². The third kappa shape index (κ3) is 3.29. The van der Waals surface area contributed by atoms with Gasteiger partial charge in [-0.25, -0.2) is 4.39 Å². The highest BCUT2D eigenvalue weighted by atomic mass is 19.1. The van der Waals surface area contributed by atoms with E-state index in [1.54, 1.807) is 41.5 Å². The molecular weight excluding hydrogens is 427 g/mol. The van der Waals surface area contributed by atoms with Gasteiger partial charge in [0.2, 0.25) is 0 Å². The summed E-state index contributed by atoms with van der Waals surface area (Å²) in [7, 11) is 0. The minimum absolute atomic E-state index is 0.0702. The van der Waals surface area contributed by atoms with E-state index in [0.717, 1.165) is 16.8 Å². The quantitative estimate of drug-likeness (QED) is 0.495. The number of anilines is 1. The number of aromatic nitrogens is 5. The molecule has 1 atom stereocenters. The molecule has 0 unspecified atom stereocenters. The maximum absolute atomic E-state index is 14.8. The van der Waals surface area contributed by atoms with E-state index in [9.17, 15) is 9.50 Å². The van der Waals surface area contributed by atoms with Crippen LogP contribution >= 0.6 is 0 Å². The number of aliphatic hydroxyl groups is 1. The summed E-state index contributed by atoms with van der Waals surface area (Å²) < 4.78 is 30.4. The van der Waals surface area contributed by atoms with Crippen LogP contribution in [-0.4, -0.2) is 48.3 Å². The van der Waals surface area contributed by atoms with Crippen LogP contribution in [0.4, 0.5) is 10.2 Å². The van der Waals surface area contributed by atoms with Gasteiger partial charge in [-0.1, -0.05) is 0 Å². The molecule has 0 saturated carbocycles. The monoisotopic (exact) mass is 450 g/mol. The summed E-state index contributed by atoms with van der Waals surface area (Å²) in [6, 6.07) is 6.89. The fraction of sp³-hybridized carbons (Fsp3) is 0.348. The van der Waals surface area contributed by atoms with Crippen molar-refractivity contribution in [2.75, 3.05) is 18.5 Å². The summed E-state index contributed by atoms with van der Waals surface area (Å²) in [6.07, 6.45) is 3.29. The molecule has 3 aromatic heterocycles. The molecule has 0 aliphatic carbocycles. The van der Waals surface area contributed by atoms with Gasteiger partial charge in [-0.2, -0.15) is 5.10 Å². The first-order chi connectivity index (χ1) is 15.9. The van der Waals surface area contributed by atoms with Crippen LogP contribution in [0.25, 0.3) is 16.9 Å². The van der Waals surface area contributed by atoms with Crippen LogP contribution < -0.4 is 14.8 Å². The molecule has 9 nitrogen and oxygen atoms in total. The molecule has 4 aromatic rings. The van der Waals surface area contributed by atoms with Gasteiger partial charge in [-0.05, 0) is 38.1 Å². The van der Waals surface area contributed by atoms with E-state index in [1.165, 1.54) is 6.07 Å². The second-order valence-electron chi connectivity index (χ2n) is 9.09. The van der Waals surface area contributed by atoms with E-state index in [2.05, 4.69) is 20.6 Å². The zero-order valence-corrected chi connectivity index (χ0v) is 18.2. The number of halogens is 1. The Morgan fingerprint density at radius 1 is 1.21 bits per heavy atom. The van der Waals surface area contributed by atoms with E-state index in [1.807, 2.05) is 12.1 Å². The van der Waals surface area contributed by atoms with Gasteiger partial charge in [-0.3, -0.25) is 9.08 Å². The normalized spacial score (nSPS) is 17.3. The van der Waals surface area contributed by atoms with Crippen molar-refractivity contribution < 1.29 is 19.0 Å². The molecule has 0 fully saturated rings. The Morgan fingerprint density at radius 3 is 2.85 bits per heavy atom. The molecule has 0 spiro atoms. The SMILES string of the molecule is CC(C)(O)Cn1nccc1-c1cc2c(n3cnnc13)NCc1c(F)ccc3c1[C@H](CO3)CO2. The number of rotatable bonds is 3. The maximum Gasteiger partial charge on any atom is 0.171 e. The van der Waals surface area contributed by atoms with Gasteiger partial charge in [-0.15, -0.1) is 10.2 Å². The average molecular weight is 450 g/mol. The summed E-state index contributed by atoms with van der Waals surface area (Å²) in [5.41, 5.74) is 2.64. The first-order valence-electron chi connectivity index (χ1n) is 10.8. The molecule has 1 aromatic carbocycles. The van der Waals surface area contributed by atoms with Crippen LogP contribution in [0.5, 0.6) is 11.5 Å². The highest BCUT2D eigenvalue weighted by molar-refractivity contribution is 5.80. The predicted molar refractivity (Wildman–Crippen MR) is 118 cm³/mol. The lowest BCUT2D eigenvalue weighted by Gasteiger charge is -2.20. The summed E-state index contributed by atoms with van der Waals surface area (Å²) in [6.45, 7) is 4.83. The smallest absolute Gasteiger partial charge is 0.171 e. The van der Waals surface area contributed by atoms with Crippen LogP contribution in [-0.2, 0) is 13.1 Å². The maximum atomic E-state index is 14.8. The number of ether oxygens (including phenoxy) is 2. The molecule has 0 radical (unpaired) electrons. The second-order valence-corrected chi connectivity index (χ2v) is 9.09. The summed E-state index contributed by atoms with van der Waals surface area (Å²) in [4.78, 5) is 0. The number of nitrogens with one attached hydrogen (secondary N) is 1. The zero-order chi connectivity index (χ0) is 22.7. The molecule has 33 heavy (non-hydrogen) atoms. The van der Waals surface area contributed by atoms with Crippen molar-refractivity contribution in [2.24, 2.45) is 0 Å². The van der Waals surface area contributed by atoms with E-state index >= 15 is 0 Å². The van der Waals surface area contributed by atoms with Crippen LogP contribution in [0.1, 0.15) is 30.9 Å². The molecule has 0 saturated heterocycles. The van der Waals surface area contributed by atoms with Gasteiger partial charge >= 0.3 is 0 Å². The molecule has 0 amide bonds. The molecule has 10 heteroatoms. The molecule has 6 rings (SSSR count). The molecule has 0 bridgehead atoms. The van der Waals surface area contributed by atoms with Crippen molar-refractivity contribution in [3.05, 3.63) is 53.7 Å². The first-order valence-corrected chi connectivity index (χ1v) is 10.8. The first kappa shape index (κ1) is 20.0. The van der Waals surface area contributed by atoms with Crippen molar-refractivity contribution in [1.82, 2.24) is 24.4 Å². The Bertz CT molecular complexity index is 1370. The van der Waals surface area contributed by atoms with Gasteiger partial charge in [0.15, 0.2) is 17.2 Å². The van der Waals surface area contributed by atoms with Gasteiger partial charge in [0.05, 0.1) is 37.0 Å². The minimum Gasteiger partial charge on any atom is -0.493 e. The summed E-state index contributed by atoms with van der Waals surface area (Å²) >= 11 is 0. The van der Waals surface area contributed by atoms with Crippen LogP contribution in [0.2, 0.25) is 0 Å². The minimum atomic E-state index is -0.944. The zero-order valence-electron chi connectivity index (χ0n) is 18.2. The number of hydrogen-bond donors (Lipinski definition) is 2. The van der Waals surface area contributed by atoms with Crippen molar-refractivity contribution in [3.63, 3.8) is 0 Å². The van der Waals surface area contributed by atoms with Gasteiger partial charge in [0.25, 0.3) is 0 Å². The third-order valence-corrected chi connectivity index (χ3v) is 6.05. The van der Waals surface area contributed by atoms with E-state index in [0.29, 0.717) is 48.3 Å². The molecular formula is C23H23FN6O3. The fourth-order valence-corrected chi connectivity index (χ4v) is 4.63. The van der Waals surface area contributed by atoms with Crippen LogP contribution in [0.3, 0.4) is 0 Å². The number of benzene rings is 1. The van der Waals surface area contributed by atoms with Gasteiger partial charge < -0.3 is 19.9 Å². The van der Waals surface area contributed by atoms with Gasteiger partial charge in [0, 0.05) is 29.4 Å².